The SMILES string of the molecule is CC1(C)c2cc(Cl)ccc2N[C@H]2c3cc4ccccc4nc3SC[C@H]21. The van der Waals surface area contributed by atoms with E-state index in [4.69, 9.17) is 16.6 Å². The highest BCUT2D eigenvalue weighted by Gasteiger charge is 2.46. The molecule has 0 amide bonds. The van der Waals surface area contributed by atoms with Gasteiger partial charge in [-0.25, -0.2) is 4.98 Å². The fraction of sp³-hybridized carbons (Fsp3) is 0.286. The molecule has 2 aliphatic rings. The van der Waals surface area contributed by atoms with Gasteiger partial charge in [-0.1, -0.05) is 43.6 Å². The van der Waals surface area contributed by atoms with Crippen LogP contribution in [0.4, 0.5) is 5.69 Å². The van der Waals surface area contributed by atoms with Gasteiger partial charge in [-0.3, -0.25) is 0 Å². The molecule has 0 saturated heterocycles. The number of benzene rings is 2. The van der Waals surface area contributed by atoms with Crippen LogP contribution < -0.4 is 5.32 Å². The summed E-state index contributed by atoms with van der Waals surface area (Å²) in [5, 5.41) is 6.98. The van der Waals surface area contributed by atoms with Crippen molar-refractivity contribution >= 4 is 40.0 Å². The Morgan fingerprint density at radius 3 is 2.88 bits per heavy atom. The van der Waals surface area contributed by atoms with Crippen LogP contribution in [0.2, 0.25) is 5.02 Å². The molecule has 0 radical (unpaired) electrons. The van der Waals surface area contributed by atoms with Crippen LogP contribution in [-0.4, -0.2) is 10.7 Å². The summed E-state index contributed by atoms with van der Waals surface area (Å²) in [7, 11) is 0. The van der Waals surface area contributed by atoms with Crippen molar-refractivity contribution in [3.05, 3.63) is 64.7 Å². The predicted molar refractivity (Wildman–Crippen MR) is 107 cm³/mol. The molecule has 3 aromatic rings. The Bertz CT molecular complexity index is 998. The number of fused-ring (bicyclic) bond motifs is 5. The van der Waals surface area contributed by atoms with E-state index in [2.05, 4.69) is 61.6 Å². The van der Waals surface area contributed by atoms with E-state index in [0.29, 0.717) is 5.92 Å². The number of hydrogen-bond donors (Lipinski definition) is 1. The Morgan fingerprint density at radius 2 is 2.00 bits per heavy atom. The molecule has 3 heterocycles. The average molecular weight is 367 g/mol. The fourth-order valence-electron chi connectivity index (χ4n) is 4.28. The van der Waals surface area contributed by atoms with Crippen LogP contribution in [0.3, 0.4) is 0 Å². The number of nitrogens with zero attached hydrogens (tertiary/aromatic N) is 1. The lowest BCUT2D eigenvalue weighted by Gasteiger charge is -2.48. The van der Waals surface area contributed by atoms with E-state index in [1.54, 1.807) is 0 Å². The molecule has 2 atom stereocenters. The number of hydrogen-bond acceptors (Lipinski definition) is 3. The molecule has 2 aromatic carbocycles. The molecule has 0 saturated carbocycles. The van der Waals surface area contributed by atoms with E-state index in [0.717, 1.165) is 16.3 Å². The van der Waals surface area contributed by atoms with Crippen molar-refractivity contribution in [3.8, 4) is 0 Å². The van der Waals surface area contributed by atoms with E-state index in [1.165, 1.54) is 27.2 Å². The van der Waals surface area contributed by atoms with Gasteiger partial charge in [-0.2, -0.15) is 0 Å². The topological polar surface area (TPSA) is 24.9 Å². The van der Waals surface area contributed by atoms with Crippen LogP contribution in [0.15, 0.2) is 53.6 Å². The summed E-state index contributed by atoms with van der Waals surface area (Å²) >= 11 is 8.17. The van der Waals surface area contributed by atoms with Crippen molar-refractivity contribution in [1.82, 2.24) is 4.98 Å². The monoisotopic (exact) mass is 366 g/mol. The number of halogens is 1. The summed E-state index contributed by atoms with van der Waals surface area (Å²) in [5.41, 5.74) is 4.98. The summed E-state index contributed by atoms with van der Waals surface area (Å²) in [6.45, 7) is 4.70. The molecule has 2 nitrogen and oxygen atoms in total. The molecule has 5 rings (SSSR count). The number of para-hydroxylation sites is 1. The van der Waals surface area contributed by atoms with Crippen LogP contribution in [0.5, 0.6) is 0 Å². The van der Waals surface area contributed by atoms with Gasteiger partial charge in [0.2, 0.25) is 0 Å². The molecule has 0 unspecified atom stereocenters. The second kappa shape index (κ2) is 5.39. The van der Waals surface area contributed by atoms with E-state index < -0.39 is 0 Å². The molecule has 0 aliphatic carbocycles. The van der Waals surface area contributed by atoms with Crippen molar-refractivity contribution in [2.75, 3.05) is 11.1 Å². The van der Waals surface area contributed by atoms with Gasteiger partial charge >= 0.3 is 0 Å². The lowest BCUT2D eigenvalue weighted by molar-refractivity contribution is 0.292. The van der Waals surface area contributed by atoms with Gasteiger partial charge in [0.05, 0.1) is 11.6 Å². The lowest BCUT2D eigenvalue weighted by atomic mass is 9.66. The highest BCUT2D eigenvalue weighted by atomic mass is 35.5. The molecular weight excluding hydrogens is 348 g/mol. The summed E-state index contributed by atoms with van der Waals surface area (Å²) in [6, 6.07) is 17.2. The van der Waals surface area contributed by atoms with Crippen LogP contribution in [0.25, 0.3) is 10.9 Å². The minimum atomic E-state index is 0.0620. The molecule has 4 heteroatoms. The van der Waals surface area contributed by atoms with Crippen LogP contribution >= 0.6 is 23.4 Å². The fourth-order valence-corrected chi connectivity index (χ4v) is 5.91. The predicted octanol–water partition coefficient (Wildman–Crippen LogP) is 6.05. The van der Waals surface area contributed by atoms with Gasteiger partial charge in [-0.15, -0.1) is 11.8 Å². The number of rotatable bonds is 0. The minimum absolute atomic E-state index is 0.0620. The van der Waals surface area contributed by atoms with Crippen molar-refractivity contribution in [3.63, 3.8) is 0 Å². The molecular formula is C21H19ClN2S. The Balaban J connectivity index is 1.69. The molecule has 0 bridgehead atoms. The van der Waals surface area contributed by atoms with Crippen LogP contribution in [0, 0.1) is 5.92 Å². The van der Waals surface area contributed by atoms with Crippen molar-refractivity contribution in [1.29, 1.82) is 0 Å². The minimum Gasteiger partial charge on any atom is -0.378 e. The molecule has 0 spiro atoms. The lowest BCUT2D eigenvalue weighted by Crippen LogP contribution is -2.44. The molecule has 126 valence electrons. The summed E-state index contributed by atoms with van der Waals surface area (Å²) in [4.78, 5) is 4.93. The zero-order chi connectivity index (χ0) is 17.2. The largest absolute Gasteiger partial charge is 0.378 e. The molecule has 1 aromatic heterocycles. The Labute approximate surface area is 157 Å². The second-order valence-corrected chi connectivity index (χ2v) is 8.97. The van der Waals surface area contributed by atoms with E-state index in [1.807, 2.05) is 17.8 Å². The molecule has 25 heavy (non-hydrogen) atoms. The first kappa shape index (κ1) is 15.5. The summed E-state index contributed by atoms with van der Waals surface area (Å²) < 4.78 is 0. The number of nitrogens with one attached hydrogen (secondary N) is 1. The standard InChI is InChI=1S/C21H19ClN2S/c1-21(2)15-10-13(22)7-8-18(15)23-19-14-9-12-5-3-4-6-17(12)24-20(14)25-11-16(19)21/h3-10,16,19,23H,11H2,1-2H3/t16-,19+/m1/s1. The van der Waals surface area contributed by atoms with Gasteiger partial charge in [0.15, 0.2) is 0 Å². The number of thioether (sulfide) groups is 1. The average Bonchev–Trinajstić information content (AvgIpc) is 2.61. The Morgan fingerprint density at radius 1 is 1.16 bits per heavy atom. The Kier molecular flexibility index (Phi) is 3.35. The normalized spacial score (nSPS) is 23.3. The van der Waals surface area contributed by atoms with Crippen molar-refractivity contribution < 1.29 is 0 Å². The van der Waals surface area contributed by atoms with Gasteiger partial charge in [0.25, 0.3) is 0 Å². The second-order valence-electron chi connectivity index (χ2n) is 7.53. The first-order valence-corrected chi connectivity index (χ1v) is 9.99. The summed E-state index contributed by atoms with van der Waals surface area (Å²) in [6.07, 6.45) is 0. The van der Waals surface area contributed by atoms with Gasteiger partial charge < -0.3 is 5.32 Å². The first-order chi connectivity index (χ1) is 12.0. The number of pyridine rings is 1. The molecule has 2 aliphatic heterocycles. The Hall–Kier alpha value is -1.71. The van der Waals surface area contributed by atoms with Crippen molar-refractivity contribution in [2.45, 2.75) is 30.3 Å². The van der Waals surface area contributed by atoms with Crippen molar-refractivity contribution in [2.24, 2.45) is 5.92 Å². The van der Waals surface area contributed by atoms with E-state index in [9.17, 15) is 0 Å². The third kappa shape index (κ3) is 2.29. The maximum atomic E-state index is 6.28. The van der Waals surface area contributed by atoms with Gasteiger partial charge in [-0.05, 0) is 41.3 Å². The first-order valence-electron chi connectivity index (χ1n) is 8.63. The van der Waals surface area contributed by atoms with Gasteiger partial charge in [0, 0.05) is 33.3 Å². The summed E-state index contributed by atoms with van der Waals surface area (Å²) in [5.74, 6) is 1.56. The van der Waals surface area contributed by atoms with Crippen LogP contribution in [0.1, 0.15) is 31.0 Å². The quantitative estimate of drug-likeness (QED) is 0.523. The van der Waals surface area contributed by atoms with Crippen LogP contribution in [-0.2, 0) is 5.41 Å². The zero-order valence-corrected chi connectivity index (χ0v) is 15.8. The smallest absolute Gasteiger partial charge is 0.102 e. The third-order valence-electron chi connectivity index (χ3n) is 5.77. The molecule has 0 fully saturated rings. The highest BCUT2D eigenvalue weighted by Crippen LogP contribution is 2.54. The highest BCUT2D eigenvalue weighted by molar-refractivity contribution is 7.99. The van der Waals surface area contributed by atoms with E-state index >= 15 is 0 Å². The van der Waals surface area contributed by atoms with Gasteiger partial charge in [0.1, 0.15) is 5.03 Å². The number of anilines is 1. The van der Waals surface area contributed by atoms with E-state index in [-0.39, 0.29) is 11.5 Å². The zero-order valence-electron chi connectivity index (χ0n) is 14.2. The number of aromatic nitrogens is 1. The third-order valence-corrected chi connectivity index (χ3v) is 7.13. The molecule has 1 N–H and O–H groups in total. The maximum Gasteiger partial charge on any atom is 0.102 e. The maximum absolute atomic E-state index is 6.28.